The van der Waals surface area contributed by atoms with Gasteiger partial charge in [0.05, 0.1) is 18.8 Å². The van der Waals surface area contributed by atoms with Crippen LogP contribution in [0.5, 0.6) is 5.75 Å². The molecule has 26 heavy (non-hydrogen) atoms. The molecule has 0 N–H and O–H groups in total. The Bertz CT molecular complexity index is 965. The number of carbonyl (C=O) groups is 1. The van der Waals surface area contributed by atoms with Gasteiger partial charge in [0.25, 0.3) is 5.91 Å². The topological polar surface area (TPSA) is 77.7 Å². The van der Waals surface area contributed by atoms with Crippen LogP contribution < -0.4 is 4.74 Å². The summed E-state index contributed by atoms with van der Waals surface area (Å²) >= 11 is 0. The summed E-state index contributed by atoms with van der Waals surface area (Å²) in [6.07, 6.45) is 4.20. The second-order valence-corrected chi connectivity index (χ2v) is 6.55. The van der Waals surface area contributed by atoms with Crippen LogP contribution in [0.1, 0.15) is 22.8 Å². The van der Waals surface area contributed by atoms with Crippen LogP contribution >= 0.6 is 0 Å². The maximum atomic E-state index is 12.6. The Morgan fingerprint density at radius 2 is 2.23 bits per heavy atom. The molecule has 2 bridgehead atoms. The molecule has 5 rings (SSSR count). The number of carbonyl (C=O) groups excluding carboxylic acids is 1. The zero-order valence-corrected chi connectivity index (χ0v) is 14.0. The summed E-state index contributed by atoms with van der Waals surface area (Å²) < 4.78 is 16.8. The Hall–Kier alpha value is -2.93. The summed E-state index contributed by atoms with van der Waals surface area (Å²) in [5.74, 6) is 0.910. The highest BCUT2D eigenvalue weighted by Crippen LogP contribution is 2.29. The quantitative estimate of drug-likeness (QED) is 0.718. The lowest BCUT2D eigenvalue weighted by Crippen LogP contribution is -2.41. The number of para-hydroxylation sites is 1. The zero-order valence-electron chi connectivity index (χ0n) is 14.0. The Morgan fingerprint density at radius 1 is 1.31 bits per heavy atom. The lowest BCUT2D eigenvalue weighted by molar-refractivity contribution is 0.0255. The number of pyridine rings is 1. The van der Waals surface area contributed by atoms with Gasteiger partial charge in [-0.1, -0.05) is 18.2 Å². The molecule has 0 aliphatic carbocycles. The predicted molar refractivity (Wildman–Crippen MR) is 91.8 cm³/mol. The highest BCUT2D eigenvalue weighted by molar-refractivity contribution is 5.92. The van der Waals surface area contributed by atoms with E-state index in [9.17, 15) is 4.79 Å². The van der Waals surface area contributed by atoms with Crippen molar-refractivity contribution in [3.63, 3.8) is 0 Å². The van der Waals surface area contributed by atoms with Crippen LogP contribution in [0, 0.1) is 0 Å². The molecule has 2 fully saturated rings. The minimum absolute atomic E-state index is 0.109. The van der Waals surface area contributed by atoms with E-state index in [4.69, 9.17) is 13.9 Å². The number of nitrogens with zero attached hydrogens (tertiary/aromatic N) is 3. The van der Waals surface area contributed by atoms with Crippen LogP contribution in [0.3, 0.4) is 0 Å². The van der Waals surface area contributed by atoms with Gasteiger partial charge in [0, 0.05) is 18.1 Å². The zero-order chi connectivity index (χ0) is 17.5. The molecule has 2 atom stereocenters. The second kappa shape index (κ2) is 6.10. The van der Waals surface area contributed by atoms with Crippen molar-refractivity contribution in [2.45, 2.75) is 25.2 Å². The minimum atomic E-state index is -0.109. The van der Waals surface area contributed by atoms with Crippen LogP contribution in [0.2, 0.25) is 0 Å². The van der Waals surface area contributed by atoms with Crippen molar-refractivity contribution in [2.24, 2.45) is 0 Å². The third-order valence-corrected chi connectivity index (χ3v) is 4.88. The SMILES string of the molecule is O=C(c1coc(COc2cccc3cccnc23)n1)N1CC2CC1CO2. The molecule has 1 aromatic carbocycles. The van der Waals surface area contributed by atoms with Gasteiger partial charge in [-0.3, -0.25) is 9.78 Å². The van der Waals surface area contributed by atoms with E-state index in [2.05, 4.69) is 9.97 Å². The third kappa shape index (κ3) is 2.61. The van der Waals surface area contributed by atoms with E-state index in [-0.39, 0.29) is 24.7 Å². The van der Waals surface area contributed by atoms with Crippen molar-refractivity contribution in [3.05, 3.63) is 54.4 Å². The fourth-order valence-corrected chi connectivity index (χ4v) is 3.60. The molecular weight excluding hydrogens is 334 g/mol. The van der Waals surface area contributed by atoms with E-state index in [0.29, 0.717) is 30.5 Å². The maximum Gasteiger partial charge on any atom is 0.276 e. The first-order valence-corrected chi connectivity index (χ1v) is 8.61. The predicted octanol–water partition coefficient (Wildman–Crippen LogP) is 2.42. The van der Waals surface area contributed by atoms with Gasteiger partial charge in [-0.25, -0.2) is 4.98 Å². The number of likely N-dealkylation sites (tertiary alicyclic amines) is 1. The van der Waals surface area contributed by atoms with Gasteiger partial charge in [-0.05, 0) is 18.6 Å². The number of morpholine rings is 1. The van der Waals surface area contributed by atoms with Crippen molar-refractivity contribution < 1.29 is 18.7 Å². The molecule has 7 heteroatoms. The van der Waals surface area contributed by atoms with E-state index in [1.165, 1.54) is 6.26 Å². The number of rotatable bonds is 4. The summed E-state index contributed by atoms with van der Waals surface area (Å²) in [5, 5.41) is 1.000. The van der Waals surface area contributed by atoms with Crippen LogP contribution in [0.15, 0.2) is 47.2 Å². The third-order valence-electron chi connectivity index (χ3n) is 4.88. The van der Waals surface area contributed by atoms with Gasteiger partial charge in [-0.15, -0.1) is 0 Å². The summed E-state index contributed by atoms with van der Waals surface area (Å²) in [4.78, 5) is 23.1. The molecule has 0 radical (unpaired) electrons. The van der Waals surface area contributed by atoms with Gasteiger partial charge in [0.15, 0.2) is 12.3 Å². The van der Waals surface area contributed by atoms with Crippen molar-refractivity contribution in [2.75, 3.05) is 13.2 Å². The van der Waals surface area contributed by atoms with Gasteiger partial charge in [-0.2, -0.15) is 0 Å². The van der Waals surface area contributed by atoms with Gasteiger partial charge in [0.1, 0.15) is 17.5 Å². The molecule has 0 spiro atoms. The molecule has 2 aromatic heterocycles. The average Bonchev–Trinajstić information content (AvgIpc) is 3.42. The number of ether oxygens (including phenoxy) is 2. The van der Waals surface area contributed by atoms with Crippen molar-refractivity contribution in [1.29, 1.82) is 0 Å². The van der Waals surface area contributed by atoms with Crippen LogP contribution in [0.25, 0.3) is 10.9 Å². The largest absolute Gasteiger partial charge is 0.482 e. The van der Waals surface area contributed by atoms with Gasteiger partial charge in [0.2, 0.25) is 5.89 Å². The summed E-state index contributed by atoms with van der Waals surface area (Å²) in [6.45, 7) is 1.38. The standard InChI is InChI=1S/C19H17N3O4/c23-19(22-8-14-7-13(22)9-24-14)15-10-26-17(21-15)11-25-16-5-1-3-12-4-2-6-20-18(12)16/h1-6,10,13-14H,7-9,11H2. The number of aromatic nitrogens is 2. The lowest BCUT2D eigenvalue weighted by atomic mass is 10.2. The number of amides is 1. The maximum absolute atomic E-state index is 12.6. The molecule has 2 saturated heterocycles. The Kier molecular flexibility index (Phi) is 3.60. The van der Waals surface area contributed by atoms with Crippen molar-refractivity contribution >= 4 is 16.8 Å². The summed E-state index contributed by atoms with van der Waals surface area (Å²) in [5.41, 5.74) is 1.10. The Balaban J connectivity index is 1.29. The smallest absolute Gasteiger partial charge is 0.276 e. The van der Waals surface area contributed by atoms with Crippen molar-refractivity contribution in [1.82, 2.24) is 14.9 Å². The Morgan fingerprint density at radius 3 is 3.08 bits per heavy atom. The first kappa shape index (κ1) is 15.3. The van der Waals surface area contributed by atoms with Gasteiger partial charge >= 0.3 is 0 Å². The summed E-state index contributed by atoms with van der Waals surface area (Å²) in [6, 6.07) is 9.76. The molecule has 4 heterocycles. The minimum Gasteiger partial charge on any atom is -0.482 e. The fourth-order valence-electron chi connectivity index (χ4n) is 3.60. The molecule has 132 valence electrons. The van der Waals surface area contributed by atoms with Crippen molar-refractivity contribution in [3.8, 4) is 5.75 Å². The number of fused-ring (bicyclic) bond motifs is 3. The van der Waals surface area contributed by atoms with E-state index in [1.54, 1.807) is 6.20 Å². The first-order valence-electron chi connectivity index (χ1n) is 8.61. The fraction of sp³-hybridized carbons (Fsp3) is 0.316. The molecule has 2 unspecified atom stereocenters. The van der Waals surface area contributed by atoms with E-state index in [1.807, 2.05) is 35.2 Å². The molecule has 2 aliphatic rings. The van der Waals surface area contributed by atoms with Crippen LogP contribution in [-0.4, -0.2) is 46.1 Å². The molecule has 3 aromatic rings. The molecule has 2 aliphatic heterocycles. The van der Waals surface area contributed by atoms with Gasteiger partial charge < -0.3 is 18.8 Å². The van der Waals surface area contributed by atoms with E-state index >= 15 is 0 Å². The lowest BCUT2D eigenvalue weighted by Gasteiger charge is -2.25. The van der Waals surface area contributed by atoms with E-state index in [0.717, 1.165) is 17.3 Å². The molecular formula is C19H17N3O4. The van der Waals surface area contributed by atoms with Crippen LogP contribution in [-0.2, 0) is 11.3 Å². The number of hydrogen-bond donors (Lipinski definition) is 0. The molecule has 7 nitrogen and oxygen atoms in total. The molecule has 1 amide bonds. The molecule has 0 saturated carbocycles. The first-order chi connectivity index (χ1) is 12.8. The summed E-state index contributed by atoms with van der Waals surface area (Å²) in [7, 11) is 0. The highest BCUT2D eigenvalue weighted by atomic mass is 16.5. The monoisotopic (exact) mass is 351 g/mol. The van der Waals surface area contributed by atoms with Crippen LogP contribution in [0.4, 0.5) is 0 Å². The van der Waals surface area contributed by atoms with E-state index < -0.39 is 0 Å². The Labute approximate surface area is 149 Å². The number of hydrogen-bond acceptors (Lipinski definition) is 6. The highest BCUT2D eigenvalue weighted by Gasteiger charge is 2.42. The number of oxazole rings is 1. The second-order valence-electron chi connectivity index (χ2n) is 6.55. The number of benzene rings is 1. The average molecular weight is 351 g/mol. The normalized spacial score (nSPS) is 21.5.